The van der Waals surface area contributed by atoms with Gasteiger partial charge >= 0.3 is 5.97 Å². The summed E-state index contributed by atoms with van der Waals surface area (Å²) in [6.07, 6.45) is 0.256. The maximum absolute atomic E-state index is 12.4. The van der Waals surface area contributed by atoms with Crippen molar-refractivity contribution in [2.24, 2.45) is 0 Å². The van der Waals surface area contributed by atoms with Gasteiger partial charge in [0.25, 0.3) is 0 Å². The molecule has 24 heavy (non-hydrogen) atoms. The maximum Gasteiger partial charge on any atom is 0.323 e. The Morgan fingerprint density at radius 3 is 2.21 bits per heavy atom. The van der Waals surface area contributed by atoms with Crippen molar-refractivity contribution in [3.05, 3.63) is 22.3 Å². The third-order valence-electron chi connectivity index (χ3n) is 4.43. The molecule has 0 heterocycles. The highest BCUT2D eigenvalue weighted by Crippen LogP contribution is 2.30. The number of nitrogens with one attached hydrogen (secondary N) is 1. The number of aliphatic carboxylic acids is 1. The van der Waals surface area contributed by atoms with Crippen molar-refractivity contribution in [3.8, 4) is 0 Å². The van der Waals surface area contributed by atoms with Crippen LogP contribution in [0.5, 0.6) is 0 Å². The summed E-state index contributed by atoms with van der Waals surface area (Å²) in [7, 11) is 1.29. The zero-order valence-corrected chi connectivity index (χ0v) is 14.7. The average molecular weight is 339 g/mol. The van der Waals surface area contributed by atoms with E-state index in [0.29, 0.717) is 22.3 Å². The minimum absolute atomic E-state index is 0.0987. The van der Waals surface area contributed by atoms with Crippen LogP contribution in [0.2, 0.25) is 0 Å². The Kier molecular flexibility index (Phi) is 6.59. The quantitative estimate of drug-likeness (QED) is 0.451. The monoisotopic (exact) mass is 339 g/mol. The Bertz CT molecular complexity index is 615. The molecule has 0 aromatic carbocycles. The Hall–Kier alpha value is -1.83. The van der Waals surface area contributed by atoms with Crippen molar-refractivity contribution in [2.75, 3.05) is 7.11 Å². The van der Waals surface area contributed by atoms with Gasteiger partial charge in [-0.3, -0.25) is 14.4 Å². The van der Waals surface area contributed by atoms with E-state index in [-0.39, 0.29) is 30.8 Å². The lowest BCUT2D eigenvalue weighted by atomic mass is 9.81. The van der Waals surface area contributed by atoms with E-state index in [1.54, 1.807) is 20.8 Å². The molecule has 2 unspecified atom stereocenters. The molecule has 134 valence electrons. The van der Waals surface area contributed by atoms with Gasteiger partial charge in [-0.05, 0) is 40.5 Å². The molecular weight excluding hydrogens is 314 g/mol. The number of aliphatic hydroxyl groups is 1. The van der Waals surface area contributed by atoms with Crippen LogP contribution in [0.4, 0.5) is 0 Å². The van der Waals surface area contributed by atoms with Crippen molar-refractivity contribution in [3.63, 3.8) is 0 Å². The van der Waals surface area contributed by atoms with Crippen molar-refractivity contribution < 1.29 is 29.4 Å². The standard InChI is InChI=1S/C17H25NO6/c1-9-10(2)15(20)12(11(3)14(9)19)6-7-17(4,23)8-13(16(21)22)18-24-5/h13,18,23H,6-8H2,1-5H3,(H,21,22). The minimum atomic E-state index is -1.34. The van der Waals surface area contributed by atoms with Crippen molar-refractivity contribution in [2.45, 2.75) is 58.6 Å². The van der Waals surface area contributed by atoms with Crippen LogP contribution < -0.4 is 5.48 Å². The summed E-state index contributed by atoms with van der Waals surface area (Å²) in [5.74, 6) is -1.50. The van der Waals surface area contributed by atoms with Crippen molar-refractivity contribution >= 4 is 17.5 Å². The molecule has 0 radical (unpaired) electrons. The normalized spacial score (nSPS) is 19.6. The topological polar surface area (TPSA) is 113 Å². The lowest BCUT2D eigenvalue weighted by molar-refractivity contribution is -0.146. The molecule has 1 rings (SSSR count). The van der Waals surface area contributed by atoms with E-state index in [2.05, 4.69) is 10.3 Å². The van der Waals surface area contributed by atoms with E-state index in [0.717, 1.165) is 0 Å². The van der Waals surface area contributed by atoms with Crippen LogP contribution in [-0.4, -0.2) is 46.5 Å². The summed E-state index contributed by atoms with van der Waals surface area (Å²) < 4.78 is 0. The highest BCUT2D eigenvalue weighted by Gasteiger charge is 2.33. The van der Waals surface area contributed by atoms with Crippen LogP contribution in [0.3, 0.4) is 0 Å². The Labute approximate surface area is 141 Å². The number of ketones is 2. The zero-order valence-electron chi connectivity index (χ0n) is 14.7. The van der Waals surface area contributed by atoms with E-state index in [4.69, 9.17) is 5.11 Å². The van der Waals surface area contributed by atoms with Gasteiger partial charge in [0.2, 0.25) is 0 Å². The van der Waals surface area contributed by atoms with E-state index < -0.39 is 17.6 Å². The van der Waals surface area contributed by atoms with Gasteiger partial charge in [0.1, 0.15) is 6.04 Å². The van der Waals surface area contributed by atoms with Crippen LogP contribution in [0, 0.1) is 0 Å². The summed E-state index contributed by atoms with van der Waals surface area (Å²) in [4.78, 5) is 40.3. The maximum atomic E-state index is 12.4. The molecule has 0 spiro atoms. The lowest BCUT2D eigenvalue weighted by Crippen LogP contribution is -2.43. The number of rotatable bonds is 8. The second kappa shape index (κ2) is 7.83. The van der Waals surface area contributed by atoms with Crippen LogP contribution >= 0.6 is 0 Å². The second-order valence-electron chi connectivity index (χ2n) is 6.43. The summed E-state index contributed by atoms with van der Waals surface area (Å²) in [6, 6.07) is -1.08. The van der Waals surface area contributed by atoms with Gasteiger partial charge in [-0.1, -0.05) is 0 Å². The first-order chi connectivity index (χ1) is 11.0. The van der Waals surface area contributed by atoms with E-state index in [1.165, 1.54) is 14.0 Å². The van der Waals surface area contributed by atoms with Crippen LogP contribution in [-0.2, 0) is 19.2 Å². The number of carbonyl (C=O) groups is 3. The molecule has 0 saturated heterocycles. The SMILES string of the molecule is CONC(CC(C)(O)CCC1=C(C)C(=O)C(C)=C(C)C1=O)C(=O)O. The zero-order chi connectivity index (χ0) is 18.7. The molecule has 7 nitrogen and oxygen atoms in total. The van der Waals surface area contributed by atoms with Crippen LogP contribution in [0.15, 0.2) is 22.3 Å². The van der Waals surface area contributed by atoms with Gasteiger partial charge < -0.3 is 15.1 Å². The van der Waals surface area contributed by atoms with Gasteiger partial charge in [-0.15, -0.1) is 0 Å². The molecule has 0 fully saturated rings. The number of carboxylic acids is 1. The number of hydrogen-bond donors (Lipinski definition) is 3. The fourth-order valence-electron chi connectivity index (χ4n) is 2.71. The molecule has 0 bridgehead atoms. The number of carbonyl (C=O) groups excluding carboxylic acids is 2. The fraction of sp³-hybridized carbons (Fsp3) is 0.588. The summed E-state index contributed by atoms with van der Waals surface area (Å²) in [5, 5.41) is 19.6. The average Bonchev–Trinajstić information content (AvgIpc) is 2.50. The summed E-state index contributed by atoms with van der Waals surface area (Å²) in [6.45, 7) is 6.34. The smallest absolute Gasteiger partial charge is 0.323 e. The fourth-order valence-corrected chi connectivity index (χ4v) is 2.71. The van der Waals surface area contributed by atoms with E-state index in [9.17, 15) is 19.5 Å². The Morgan fingerprint density at radius 2 is 1.71 bits per heavy atom. The first-order valence-corrected chi connectivity index (χ1v) is 7.72. The van der Waals surface area contributed by atoms with Gasteiger partial charge in [-0.2, -0.15) is 5.48 Å². The molecule has 0 amide bonds. The molecule has 7 heteroatoms. The second-order valence-corrected chi connectivity index (χ2v) is 6.43. The number of allylic oxidation sites excluding steroid dienone is 4. The Balaban J connectivity index is 2.85. The molecular formula is C17H25NO6. The van der Waals surface area contributed by atoms with Crippen LogP contribution in [0.1, 0.15) is 47.0 Å². The third kappa shape index (κ3) is 4.59. The predicted octanol–water partition coefficient (Wildman–Crippen LogP) is 1.32. The van der Waals surface area contributed by atoms with Gasteiger partial charge in [0.15, 0.2) is 11.6 Å². The number of hydrogen-bond acceptors (Lipinski definition) is 6. The highest BCUT2D eigenvalue weighted by molar-refractivity contribution is 6.24. The lowest BCUT2D eigenvalue weighted by Gasteiger charge is -2.28. The van der Waals surface area contributed by atoms with Crippen LogP contribution in [0.25, 0.3) is 0 Å². The molecule has 0 aromatic rings. The van der Waals surface area contributed by atoms with Gasteiger partial charge in [0, 0.05) is 28.7 Å². The Morgan fingerprint density at radius 1 is 1.17 bits per heavy atom. The largest absolute Gasteiger partial charge is 0.480 e. The highest BCUT2D eigenvalue weighted by atomic mass is 16.6. The van der Waals surface area contributed by atoms with Crippen molar-refractivity contribution in [1.82, 2.24) is 5.48 Å². The number of Topliss-reactive ketones (excluding diaryl/α,β-unsaturated/α-hetero) is 2. The molecule has 0 saturated carbocycles. The molecule has 2 atom stereocenters. The summed E-state index contributed by atoms with van der Waals surface area (Å²) >= 11 is 0. The van der Waals surface area contributed by atoms with Gasteiger partial charge in [-0.25, -0.2) is 0 Å². The molecule has 0 aliphatic heterocycles. The van der Waals surface area contributed by atoms with E-state index >= 15 is 0 Å². The predicted molar refractivity (Wildman–Crippen MR) is 87.1 cm³/mol. The minimum Gasteiger partial charge on any atom is -0.480 e. The number of carboxylic acid groups (broad SMARTS) is 1. The molecule has 0 aromatic heterocycles. The van der Waals surface area contributed by atoms with Gasteiger partial charge in [0.05, 0.1) is 12.7 Å². The third-order valence-corrected chi connectivity index (χ3v) is 4.43. The molecule has 1 aliphatic carbocycles. The molecule has 1 aliphatic rings. The summed E-state index contributed by atoms with van der Waals surface area (Å²) in [5.41, 5.74) is 2.62. The molecule has 3 N–H and O–H groups in total. The first kappa shape index (κ1) is 20.2. The van der Waals surface area contributed by atoms with Crippen molar-refractivity contribution in [1.29, 1.82) is 0 Å². The van der Waals surface area contributed by atoms with E-state index in [1.807, 2.05) is 0 Å². The number of hydroxylamine groups is 1. The first-order valence-electron chi connectivity index (χ1n) is 7.72.